The van der Waals surface area contributed by atoms with Crippen LogP contribution in [-0.2, 0) is 25.6 Å². The summed E-state index contributed by atoms with van der Waals surface area (Å²) in [6, 6.07) is 20.0. The number of fused-ring (bicyclic) bond motifs is 3. The Hall–Kier alpha value is -5.11. The summed E-state index contributed by atoms with van der Waals surface area (Å²) < 4.78 is 45.7. The van der Waals surface area contributed by atoms with Crippen LogP contribution in [0.5, 0.6) is 0 Å². The van der Waals surface area contributed by atoms with E-state index in [4.69, 9.17) is 5.10 Å². The minimum Gasteiger partial charge on any atom is -0.330 e. The number of halogens is 4. The molecule has 4 heterocycles. The van der Waals surface area contributed by atoms with Crippen molar-refractivity contribution in [2.75, 3.05) is 0 Å². The molecule has 0 radical (unpaired) electrons. The number of hydrogen-bond donors (Lipinski definition) is 0. The molecule has 0 fully saturated rings. The smallest absolute Gasteiger partial charge is 0.330 e. The molecule has 10 nitrogen and oxygen atoms in total. The quantitative estimate of drug-likeness (QED) is 0.228. The van der Waals surface area contributed by atoms with Crippen LogP contribution in [0.1, 0.15) is 51.1 Å². The van der Waals surface area contributed by atoms with Gasteiger partial charge in [0.25, 0.3) is 11.5 Å². The number of hydrogen-bond acceptors (Lipinski definition) is 6. The van der Waals surface area contributed by atoms with Crippen LogP contribution in [-0.4, -0.2) is 51.2 Å². The van der Waals surface area contributed by atoms with Crippen LogP contribution in [0.15, 0.2) is 88.3 Å². The van der Waals surface area contributed by atoms with Crippen LogP contribution in [0.25, 0.3) is 17.0 Å². The van der Waals surface area contributed by atoms with E-state index in [1.165, 1.54) is 17.0 Å². The maximum Gasteiger partial charge on any atom is 0.417 e. The molecule has 0 N–H and O–H groups in total. The Bertz CT molecular complexity index is 2210. The molecule has 1 unspecified atom stereocenters. The molecule has 0 spiro atoms. The van der Waals surface area contributed by atoms with Crippen LogP contribution in [0.2, 0.25) is 0 Å². The molecule has 3 aromatic heterocycles. The van der Waals surface area contributed by atoms with Gasteiger partial charge >= 0.3 is 6.18 Å². The summed E-state index contributed by atoms with van der Waals surface area (Å²) in [4.78, 5) is 29.7. The average Bonchev–Trinajstić information content (AvgIpc) is 3.67. The van der Waals surface area contributed by atoms with Gasteiger partial charge in [-0.3, -0.25) is 14.2 Å². The Morgan fingerprint density at radius 1 is 1.02 bits per heavy atom. The summed E-state index contributed by atoms with van der Waals surface area (Å²) in [5.74, 6) is 0.0431. The Balaban J connectivity index is 1.36. The van der Waals surface area contributed by atoms with Crippen molar-refractivity contribution in [1.82, 2.24) is 39.3 Å². The van der Waals surface area contributed by atoms with Gasteiger partial charge in [-0.25, -0.2) is 4.52 Å². The first-order valence-electron chi connectivity index (χ1n) is 14.7. The Morgan fingerprint density at radius 2 is 1.74 bits per heavy atom. The lowest BCUT2D eigenvalue weighted by atomic mass is 9.97. The van der Waals surface area contributed by atoms with Crippen LogP contribution in [0.3, 0.4) is 0 Å². The second kappa shape index (κ2) is 11.6. The number of rotatable bonds is 5. The molecule has 0 saturated carbocycles. The largest absolute Gasteiger partial charge is 0.417 e. The lowest BCUT2D eigenvalue weighted by Gasteiger charge is -2.35. The lowest BCUT2D eigenvalue weighted by molar-refractivity contribution is -0.138. The van der Waals surface area contributed by atoms with Gasteiger partial charge in [0.15, 0.2) is 5.82 Å². The molecule has 3 aromatic carbocycles. The molecule has 1 atom stereocenters. The van der Waals surface area contributed by atoms with Crippen molar-refractivity contribution in [2.45, 2.75) is 45.5 Å². The van der Waals surface area contributed by atoms with Gasteiger partial charge in [0, 0.05) is 33.6 Å². The highest BCUT2D eigenvalue weighted by atomic mass is 79.9. The van der Waals surface area contributed by atoms with Gasteiger partial charge in [0.05, 0.1) is 35.4 Å². The van der Waals surface area contributed by atoms with Gasteiger partial charge in [-0.1, -0.05) is 46.3 Å². The van der Waals surface area contributed by atoms with Crippen molar-refractivity contribution in [3.63, 3.8) is 0 Å². The molecule has 0 saturated heterocycles. The number of amides is 1. The molecule has 7 rings (SSSR count). The molecular formula is C33H26BrF3N8O2. The Kier molecular flexibility index (Phi) is 7.54. The third kappa shape index (κ3) is 5.41. The van der Waals surface area contributed by atoms with Gasteiger partial charge in [0.2, 0.25) is 0 Å². The van der Waals surface area contributed by atoms with Crippen molar-refractivity contribution >= 4 is 27.5 Å². The predicted molar refractivity (Wildman–Crippen MR) is 170 cm³/mol. The maximum atomic E-state index is 14.4. The van der Waals surface area contributed by atoms with Crippen molar-refractivity contribution in [1.29, 1.82) is 0 Å². The summed E-state index contributed by atoms with van der Waals surface area (Å²) in [6.07, 6.45) is -2.25. The molecule has 1 amide bonds. The first-order valence-corrected chi connectivity index (χ1v) is 15.5. The van der Waals surface area contributed by atoms with E-state index in [-0.39, 0.29) is 28.6 Å². The number of carbonyl (C=O) groups excluding carboxylic acids is 1. The van der Waals surface area contributed by atoms with E-state index in [9.17, 15) is 22.8 Å². The molecular weight excluding hydrogens is 677 g/mol. The molecule has 0 bridgehead atoms. The van der Waals surface area contributed by atoms with Crippen LogP contribution >= 0.6 is 15.9 Å². The fourth-order valence-electron chi connectivity index (χ4n) is 6.09. The van der Waals surface area contributed by atoms with Crippen molar-refractivity contribution in [3.8, 4) is 11.4 Å². The Morgan fingerprint density at radius 3 is 2.43 bits per heavy atom. The zero-order valence-corrected chi connectivity index (χ0v) is 26.7. The van der Waals surface area contributed by atoms with E-state index in [0.29, 0.717) is 34.8 Å². The summed E-state index contributed by atoms with van der Waals surface area (Å²) in [7, 11) is 0. The first kappa shape index (κ1) is 30.5. The number of aromatic nitrogens is 7. The molecule has 238 valence electrons. The second-order valence-electron chi connectivity index (χ2n) is 11.5. The number of carbonyl (C=O) groups is 1. The predicted octanol–water partition coefficient (Wildman–Crippen LogP) is 5.73. The highest BCUT2D eigenvalue weighted by Crippen LogP contribution is 2.36. The summed E-state index contributed by atoms with van der Waals surface area (Å²) in [6.45, 7) is 3.56. The van der Waals surface area contributed by atoms with E-state index in [0.717, 1.165) is 22.9 Å². The van der Waals surface area contributed by atoms with E-state index in [1.807, 2.05) is 54.6 Å². The van der Waals surface area contributed by atoms with Crippen LogP contribution < -0.4 is 5.56 Å². The second-order valence-corrected chi connectivity index (χ2v) is 12.3. The lowest BCUT2D eigenvalue weighted by Crippen LogP contribution is -2.46. The van der Waals surface area contributed by atoms with Crippen molar-refractivity contribution < 1.29 is 18.0 Å². The van der Waals surface area contributed by atoms with E-state index in [2.05, 4.69) is 31.5 Å². The minimum atomic E-state index is -4.64. The number of tetrazole rings is 1. The van der Waals surface area contributed by atoms with Gasteiger partial charge in [-0.15, -0.1) is 5.10 Å². The van der Waals surface area contributed by atoms with Crippen molar-refractivity contribution in [3.05, 3.63) is 133 Å². The molecule has 14 heteroatoms. The van der Waals surface area contributed by atoms with Gasteiger partial charge in [0.1, 0.15) is 5.65 Å². The molecule has 0 aliphatic carbocycles. The number of nitrogens with zero attached hydrogens (tertiary/aromatic N) is 8. The first-order chi connectivity index (χ1) is 22.5. The Labute approximate surface area is 274 Å². The van der Waals surface area contributed by atoms with Gasteiger partial charge in [-0.05, 0) is 78.7 Å². The normalized spacial score (nSPS) is 14.9. The summed E-state index contributed by atoms with van der Waals surface area (Å²) in [5, 5.41) is 16.4. The fourth-order valence-corrected chi connectivity index (χ4v) is 6.56. The molecule has 1 aliphatic heterocycles. The number of benzene rings is 3. The topological polar surface area (TPSA) is 103 Å². The summed E-state index contributed by atoms with van der Waals surface area (Å²) >= 11 is 2.95. The maximum absolute atomic E-state index is 14.4. The SMILES string of the molecule is Cc1nnnn1-c1ccc(-n2c(=O)c3c(n4ncc(Cc5ccccc5)c24)CN(C(=O)c2ccc(Br)c(C(F)(F)F)c2)C(C)C3)cc1. The fraction of sp³-hybridized carbons (Fsp3) is 0.212. The zero-order valence-electron chi connectivity index (χ0n) is 25.1. The number of alkyl halides is 3. The highest BCUT2D eigenvalue weighted by molar-refractivity contribution is 9.10. The van der Waals surface area contributed by atoms with Crippen LogP contribution in [0.4, 0.5) is 13.2 Å². The molecule has 1 aliphatic rings. The summed E-state index contributed by atoms with van der Waals surface area (Å²) in [5.41, 5.74) is 3.39. The molecule has 6 aromatic rings. The number of aryl methyl sites for hydroxylation is 1. The van der Waals surface area contributed by atoms with E-state index in [1.54, 1.807) is 33.8 Å². The van der Waals surface area contributed by atoms with Gasteiger partial charge < -0.3 is 4.90 Å². The zero-order chi connectivity index (χ0) is 33.0. The van der Waals surface area contributed by atoms with Crippen molar-refractivity contribution in [2.24, 2.45) is 0 Å². The minimum absolute atomic E-state index is 0.0106. The monoisotopic (exact) mass is 702 g/mol. The highest BCUT2D eigenvalue weighted by Gasteiger charge is 2.36. The average molecular weight is 704 g/mol. The third-order valence-corrected chi connectivity index (χ3v) is 9.13. The van der Waals surface area contributed by atoms with Crippen LogP contribution in [0, 0.1) is 6.92 Å². The third-order valence-electron chi connectivity index (χ3n) is 8.44. The standard InChI is InChI=1S/C33H26BrF3N8O2/c1-19-14-26-29(18-42(19)31(46)22-8-13-28(34)27(16-22)33(35,36)37)45-30(23(17-38-45)15-21-6-4-3-5-7-21)43(32(26)47)24-9-11-25(12-10-24)44-20(2)39-40-41-44/h3-13,16-17,19H,14-15,18H2,1-2H3. The van der Waals surface area contributed by atoms with E-state index < -0.39 is 23.7 Å². The van der Waals surface area contributed by atoms with Gasteiger partial charge in [-0.2, -0.15) is 23.0 Å². The molecule has 47 heavy (non-hydrogen) atoms. The van der Waals surface area contributed by atoms with E-state index >= 15 is 0 Å².